The quantitative estimate of drug-likeness (QED) is 0.724. The molecular formula is C20H19F3N2O4. The maximum atomic E-state index is 12.6. The van der Waals surface area contributed by atoms with Crippen molar-refractivity contribution in [3.05, 3.63) is 53.1 Å². The zero-order valence-corrected chi connectivity index (χ0v) is 15.3. The average molecular weight is 408 g/mol. The number of hydrogen-bond acceptors (Lipinski definition) is 4. The number of nitrogens with one attached hydrogen (secondary N) is 2. The van der Waals surface area contributed by atoms with Gasteiger partial charge in [0.25, 0.3) is 0 Å². The molecular weight excluding hydrogens is 389 g/mol. The van der Waals surface area contributed by atoms with Gasteiger partial charge >= 0.3 is 12.4 Å². The number of carbonyl (C=O) groups is 1. The number of urea groups is 1. The summed E-state index contributed by atoms with van der Waals surface area (Å²) in [6.45, 7) is 0.142. The number of para-hydroxylation sites is 1. The van der Waals surface area contributed by atoms with E-state index in [0.717, 1.165) is 11.1 Å². The van der Waals surface area contributed by atoms with Gasteiger partial charge in [0.15, 0.2) is 11.5 Å². The summed E-state index contributed by atoms with van der Waals surface area (Å²) in [5.41, 5.74) is 2.91. The second-order valence-corrected chi connectivity index (χ2v) is 7.02. The van der Waals surface area contributed by atoms with Gasteiger partial charge in [-0.15, -0.1) is 13.2 Å². The van der Waals surface area contributed by atoms with Crippen molar-refractivity contribution in [1.29, 1.82) is 0 Å². The summed E-state index contributed by atoms with van der Waals surface area (Å²) in [6, 6.07) is 8.64. The number of halogens is 3. The SMILES string of the molecule is O=C(Nc1cccc2c1C[C@@H](O)C2)N[C@@H]1CCOc2c(OC(F)(F)F)cccc21. The van der Waals surface area contributed by atoms with Gasteiger partial charge in [-0.2, -0.15) is 0 Å². The van der Waals surface area contributed by atoms with Crippen molar-refractivity contribution in [2.75, 3.05) is 11.9 Å². The molecule has 2 amide bonds. The number of carbonyl (C=O) groups excluding carboxylic acids is 1. The van der Waals surface area contributed by atoms with Crippen molar-refractivity contribution in [3.63, 3.8) is 0 Å². The van der Waals surface area contributed by atoms with E-state index in [1.54, 1.807) is 18.2 Å². The van der Waals surface area contributed by atoms with Crippen LogP contribution in [0.4, 0.5) is 23.7 Å². The fourth-order valence-electron chi connectivity index (χ4n) is 3.81. The summed E-state index contributed by atoms with van der Waals surface area (Å²) in [6.07, 6.45) is -3.90. The van der Waals surface area contributed by atoms with Gasteiger partial charge in [-0.25, -0.2) is 4.79 Å². The lowest BCUT2D eigenvalue weighted by Gasteiger charge is -2.28. The van der Waals surface area contributed by atoms with Crippen LogP contribution in [0.25, 0.3) is 0 Å². The van der Waals surface area contributed by atoms with Crippen LogP contribution in [-0.4, -0.2) is 30.2 Å². The second-order valence-electron chi connectivity index (χ2n) is 7.02. The molecule has 1 aliphatic carbocycles. The number of ether oxygens (including phenoxy) is 2. The Kier molecular flexibility index (Phi) is 4.99. The Labute approximate surface area is 164 Å². The molecule has 0 aromatic heterocycles. The molecule has 0 saturated carbocycles. The fraction of sp³-hybridized carbons (Fsp3) is 0.350. The van der Waals surface area contributed by atoms with Crippen molar-refractivity contribution < 1.29 is 32.5 Å². The molecule has 4 rings (SSSR count). The van der Waals surface area contributed by atoms with Crippen LogP contribution >= 0.6 is 0 Å². The second kappa shape index (κ2) is 7.47. The number of aliphatic hydroxyl groups excluding tert-OH is 1. The molecule has 3 N–H and O–H groups in total. The first-order chi connectivity index (χ1) is 13.8. The van der Waals surface area contributed by atoms with E-state index in [9.17, 15) is 23.1 Å². The summed E-state index contributed by atoms with van der Waals surface area (Å²) < 4.78 is 47.3. The molecule has 2 atom stereocenters. The van der Waals surface area contributed by atoms with E-state index in [0.29, 0.717) is 30.5 Å². The molecule has 2 aliphatic rings. The first-order valence-corrected chi connectivity index (χ1v) is 9.18. The van der Waals surface area contributed by atoms with Crippen LogP contribution in [-0.2, 0) is 12.8 Å². The predicted octanol–water partition coefficient (Wildman–Crippen LogP) is 3.69. The van der Waals surface area contributed by atoms with E-state index in [4.69, 9.17) is 4.74 Å². The van der Waals surface area contributed by atoms with Crippen molar-refractivity contribution in [2.24, 2.45) is 0 Å². The molecule has 29 heavy (non-hydrogen) atoms. The first-order valence-electron chi connectivity index (χ1n) is 9.18. The third-order valence-corrected chi connectivity index (χ3v) is 4.99. The van der Waals surface area contributed by atoms with Gasteiger partial charge in [0.05, 0.1) is 18.8 Å². The predicted molar refractivity (Wildman–Crippen MR) is 98.0 cm³/mol. The normalized spacial score (nSPS) is 20.3. The van der Waals surface area contributed by atoms with Gasteiger partial charge in [-0.1, -0.05) is 24.3 Å². The average Bonchev–Trinajstić information content (AvgIpc) is 3.02. The van der Waals surface area contributed by atoms with Crippen molar-refractivity contribution in [3.8, 4) is 11.5 Å². The molecule has 6 nitrogen and oxygen atoms in total. The molecule has 1 aliphatic heterocycles. The molecule has 9 heteroatoms. The minimum atomic E-state index is -4.84. The van der Waals surface area contributed by atoms with E-state index >= 15 is 0 Å². The van der Waals surface area contributed by atoms with Crippen LogP contribution < -0.4 is 20.1 Å². The van der Waals surface area contributed by atoms with Gasteiger partial charge in [-0.3, -0.25) is 0 Å². The Morgan fingerprint density at radius 3 is 2.76 bits per heavy atom. The Morgan fingerprint density at radius 1 is 1.17 bits per heavy atom. The van der Waals surface area contributed by atoms with Crippen LogP contribution in [0.3, 0.4) is 0 Å². The van der Waals surface area contributed by atoms with Crippen LogP contribution in [0.15, 0.2) is 36.4 Å². The molecule has 2 aromatic carbocycles. The highest BCUT2D eigenvalue weighted by Crippen LogP contribution is 2.41. The molecule has 0 radical (unpaired) electrons. The van der Waals surface area contributed by atoms with E-state index in [2.05, 4.69) is 15.4 Å². The Morgan fingerprint density at radius 2 is 1.97 bits per heavy atom. The lowest BCUT2D eigenvalue weighted by atomic mass is 10.00. The van der Waals surface area contributed by atoms with E-state index in [-0.39, 0.29) is 12.4 Å². The van der Waals surface area contributed by atoms with Crippen molar-refractivity contribution in [1.82, 2.24) is 5.32 Å². The first kappa shape index (κ1) is 19.4. The third kappa shape index (κ3) is 4.24. The summed E-state index contributed by atoms with van der Waals surface area (Å²) >= 11 is 0. The Bertz CT molecular complexity index is 932. The fourth-order valence-corrected chi connectivity index (χ4v) is 3.81. The number of aliphatic hydroxyl groups is 1. The number of amides is 2. The minimum Gasteiger partial charge on any atom is -0.489 e. The molecule has 2 aromatic rings. The number of benzene rings is 2. The summed E-state index contributed by atoms with van der Waals surface area (Å²) in [5, 5.41) is 15.4. The van der Waals surface area contributed by atoms with Crippen LogP contribution in [0.2, 0.25) is 0 Å². The number of hydrogen-bond donors (Lipinski definition) is 3. The van der Waals surface area contributed by atoms with E-state index < -0.39 is 30.3 Å². The highest BCUT2D eigenvalue weighted by atomic mass is 19.4. The monoisotopic (exact) mass is 408 g/mol. The molecule has 0 bridgehead atoms. The van der Waals surface area contributed by atoms with E-state index in [1.807, 2.05) is 6.07 Å². The molecule has 1 heterocycles. The Hall–Kier alpha value is -2.94. The summed E-state index contributed by atoms with van der Waals surface area (Å²) in [5.74, 6) is -0.457. The number of anilines is 1. The lowest BCUT2D eigenvalue weighted by Crippen LogP contribution is -2.35. The van der Waals surface area contributed by atoms with Gasteiger partial charge in [0.1, 0.15) is 0 Å². The highest BCUT2D eigenvalue weighted by molar-refractivity contribution is 5.90. The van der Waals surface area contributed by atoms with Gasteiger partial charge in [0.2, 0.25) is 0 Å². The topological polar surface area (TPSA) is 79.8 Å². The largest absolute Gasteiger partial charge is 0.573 e. The third-order valence-electron chi connectivity index (χ3n) is 4.99. The molecule has 0 spiro atoms. The van der Waals surface area contributed by atoms with Crippen LogP contribution in [0, 0.1) is 0 Å². The van der Waals surface area contributed by atoms with Gasteiger partial charge < -0.3 is 25.2 Å². The van der Waals surface area contributed by atoms with Crippen LogP contribution in [0.5, 0.6) is 11.5 Å². The maximum Gasteiger partial charge on any atom is 0.573 e. The molecule has 154 valence electrons. The maximum absolute atomic E-state index is 12.6. The zero-order chi connectivity index (χ0) is 20.6. The Balaban J connectivity index is 1.50. The number of fused-ring (bicyclic) bond motifs is 2. The van der Waals surface area contributed by atoms with Gasteiger partial charge in [-0.05, 0) is 29.7 Å². The highest BCUT2D eigenvalue weighted by Gasteiger charge is 2.35. The smallest absolute Gasteiger partial charge is 0.489 e. The minimum absolute atomic E-state index is 0.0231. The molecule has 0 saturated heterocycles. The molecule has 0 unspecified atom stereocenters. The number of rotatable bonds is 3. The van der Waals surface area contributed by atoms with Crippen molar-refractivity contribution in [2.45, 2.75) is 37.8 Å². The summed E-state index contributed by atoms with van der Waals surface area (Å²) in [4.78, 5) is 12.5. The number of alkyl halides is 3. The van der Waals surface area contributed by atoms with Crippen LogP contribution in [0.1, 0.15) is 29.2 Å². The molecule has 0 fully saturated rings. The van der Waals surface area contributed by atoms with E-state index in [1.165, 1.54) is 12.1 Å². The zero-order valence-electron chi connectivity index (χ0n) is 15.3. The lowest BCUT2D eigenvalue weighted by molar-refractivity contribution is -0.275. The van der Waals surface area contributed by atoms with Gasteiger partial charge in [0, 0.05) is 24.1 Å². The summed E-state index contributed by atoms with van der Waals surface area (Å²) in [7, 11) is 0. The van der Waals surface area contributed by atoms with Crippen molar-refractivity contribution >= 4 is 11.7 Å². The standard InChI is InChI=1S/C20H19F3N2O4/c21-20(22,23)29-17-6-2-4-13-16(7-8-28-18(13)17)25-19(27)24-15-5-1-3-11-9-12(26)10-14(11)15/h1-6,12,16,26H,7-10H2,(H2,24,25,27)/t12-,16+/m0/s1.